The van der Waals surface area contributed by atoms with Gasteiger partial charge in [-0.3, -0.25) is 0 Å². The molecular weight excluding hydrogens is 488 g/mol. The van der Waals surface area contributed by atoms with Crippen molar-refractivity contribution < 1.29 is 19.1 Å². The van der Waals surface area contributed by atoms with E-state index in [0.717, 1.165) is 25.7 Å². The van der Waals surface area contributed by atoms with Crippen molar-refractivity contribution in [3.8, 4) is 0 Å². The predicted octanol–water partition coefficient (Wildman–Crippen LogP) is 7.47. The second-order valence-electron chi connectivity index (χ2n) is 6.91. The summed E-state index contributed by atoms with van der Waals surface area (Å²) in [6.45, 7) is 5.16. The molecule has 1 aromatic rings. The van der Waals surface area contributed by atoms with Crippen LogP contribution in [0.3, 0.4) is 0 Å². The predicted molar refractivity (Wildman–Crippen MR) is 120 cm³/mol. The van der Waals surface area contributed by atoms with Crippen LogP contribution in [0.25, 0.3) is 0 Å². The summed E-state index contributed by atoms with van der Waals surface area (Å²) in [5.41, 5.74) is 0.799. The molecule has 0 amide bonds. The summed E-state index contributed by atoms with van der Waals surface area (Å²) in [7, 11) is 0. The minimum absolute atomic E-state index is 0.390. The van der Waals surface area contributed by atoms with Crippen LogP contribution >= 0.6 is 31.9 Å². The zero-order valence-electron chi connectivity index (χ0n) is 17.0. The minimum atomic E-state index is -0.390. The Morgan fingerprint density at radius 3 is 1.39 bits per heavy atom. The number of hydrogen-bond donors (Lipinski definition) is 0. The van der Waals surface area contributed by atoms with Crippen LogP contribution in [-0.2, 0) is 9.47 Å². The number of esters is 2. The molecule has 0 aromatic heterocycles. The molecule has 1 rings (SSSR count). The summed E-state index contributed by atoms with van der Waals surface area (Å²) < 4.78 is 11.8. The topological polar surface area (TPSA) is 52.6 Å². The molecule has 0 atom stereocenters. The second kappa shape index (κ2) is 15.0. The van der Waals surface area contributed by atoms with Crippen LogP contribution in [0.15, 0.2) is 21.1 Å². The van der Waals surface area contributed by atoms with Crippen molar-refractivity contribution >= 4 is 43.8 Å². The van der Waals surface area contributed by atoms with Crippen LogP contribution in [0.2, 0.25) is 0 Å². The first-order chi connectivity index (χ1) is 13.5. The fraction of sp³-hybridized carbons (Fsp3) is 0.636. The maximum Gasteiger partial charge on any atom is 0.339 e. The molecule has 0 heterocycles. The Morgan fingerprint density at radius 1 is 0.679 bits per heavy atom. The van der Waals surface area contributed by atoms with E-state index >= 15 is 0 Å². The molecule has 0 aliphatic rings. The van der Waals surface area contributed by atoms with E-state index in [2.05, 4.69) is 45.7 Å². The van der Waals surface area contributed by atoms with E-state index in [1.54, 1.807) is 12.1 Å². The van der Waals surface area contributed by atoms with Crippen LogP contribution in [0, 0.1) is 0 Å². The van der Waals surface area contributed by atoms with Crippen LogP contribution in [0.4, 0.5) is 0 Å². The summed E-state index contributed by atoms with van der Waals surface area (Å²) in [4.78, 5) is 24.6. The molecule has 4 nitrogen and oxygen atoms in total. The fourth-order valence-electron chi connectivity index (χ4n) is 2.76. The Kier molecular flexibility index (Phi) is 13.5. The molecule has 0 spiro atoms. The number of carbonyl (C=O) groups is 2. The SMILES string of the molecule is CCCCCCCOC(=O)c1cc(Br)c(C(=O)OCCCCCCC)cc1Br. The van der Waals surface area contributed by atoms with Crippen LogP contribution < -0.4 is 0 Å². The Hall–Kier alpha value is -0.880. The molecule has 6 heteroatoms. The van der Waals surface area contributed by atoms with Gasteiger partial charge in [-0.2, -0.15) is 0 Å². The molecule has 0 saturated heterocycles. The number of unbranched alkanes of at least 4 members (excludes halogenated alkanes) is 8. The molecule has 0 aliphatic carbocycles. The van der Waals surface area contributed by atoms with Crippen molar-refractivity contribution in [2.75, 3.05) is 13.2 Å². The van der Waals surface area contributed by atoms with E-state index in [4.69, 9.17) is 9.47 Å². The van der Waals surface area contributed by atoms with Crippen molar-refractivity contribution in [3.05, 3.63) is 32.2 Å². The molecule has 0 N–H and O–H groups in total. The van der Waals surface area contributed by atoms with Gasteiger partial charge in [0.05, 0.1) is 24.3 Å². The number of benzene rings is 1. The smallest absolute Gasteiger partial charge is 0.339 e. The monoisotopic (exact) mass is 518 g/mol. The van der Waals surface area contributed by atoms with Gasteiger partial charge in [0.25, 0.3) is 0 Å². The third kappa shape index (κ3) is 9.55. The zero-order chi connectivity index (χ0) is 20.8. The molecule has 0 unspecified atom stereocenters. The van der Waals surface area contributed by atoms with Crippen molar-refractivity contribution in [3.63, 3.8) is 0 Å². The maximum atomic E-state index is 12.3. The largest absolute Gasteiger partial charge is 0.462 e. The van der Waals surface area contributed by atoms with E-state index in [0.29, 0.717) is 33.3 Å². The van der Waals surface area contributed by atoms with Crippen LogP contribution in [-0.4, -0.2) is 25.2 Å². The highest BCUT2D eigenvalue weighted by molar-refractivity contribution is 9.11. The lowest BCUT2D eigenvalue weighted by atomic mass is 10.1. The summed E-state index contributed by atoms with van der Waals surface area (Å²) in [6.07, 6.45) is 11.0. The van der Waals surface area contributed by atoms with Crippen molar-refractivity contribution in [1.82, 2.24) is 0 Å². The second-order valence-corrected chi connectivity index (χ2v) is 8.62. The van der Waals surface area contributed by atoms with E-state index < -0.39 is 0 Å². The van der Waals surface area contributed by atoms with Gasteiger partial charge in [0.15, 0.2) is 0 Å². The minimum Gasteiger partial charge on any atom is -0.462 e. The Morgan fingerprint density at radius 2 is 1.04 bits per heavy atom. The van der Waals surface area contributed by atoms with Crippen molar-refractivity contribution in [1.29, 1.82) is 0 Å². The van der Waals surface area contributed by atoms with Gasteiger partial charge < -0.3 is 9.47 Å². The highest BCUT2D eigenvalue weighted by Crippen LogP contribution is 2.27. The average molecular weight is 520 g/mol. The molecule has 0 bridgehead atoms. The average Bonchev–Trinajstić information content (AvgIpc) is 2.68. The van der Waals surface area contributed by atoms with Crippen molar-refractivity contribution in [2.24, 2.45) is 0 Å². The standard InChI is InChI=1S/C22H32Br2O4/c1-3-5-7-9-11-13-27-21(25)17-15-20(24)18(16-19(17)23)22(26)28-14-12-10-8-6-4-2/h15-16H,3-14H2,1-2H3. The molecular formula is C22H32Br2O4. The van der Waals surface area contributed by atoms with Gasteiger partial charge in [-0.05, 0) is 56.8 Å². The first-order valence-electron chi connectivity index (χ1n) is 10.3. The number of hydrogen-bond acceptors (Lipinski definition) is 4. The van der Waals surface area contributed by atoms with Crippen LogP contribution in [0.5, 0.6) is 0 Å². The van der Waals surface area contributed by atoms with E-state index in [9.17, 15) is 9.59 Å². The lowest BCUT2D eigenvalue weighted by molar-refractivity contribution is 0.0481. The molecule has 1 aromatic carbocycles. The van der Waals surface area contributed by atoms with E-state index in [1.807, 2.05) is 0 Å². The van der Waals surface area contributed by atoms with Crippen LogP contribution in [0.1, 0.15) is 98.8 Å². The zero-order valence-corrected chi connectivity index (χ0v) is 20.2. The third-order valence-corrected chi connectivity index (χ3v) is 5.77. The first kappa shape index (κ1) is 25.2. The highest BCUT2D eigenvalue weighted by atomic mass is 79.9. The molecule has 0 saturated carbocycles. The van der Waals surface area contributed by atoms with Gasteiger partial charge >= 0.3 is 11.9 Å². The molecule has 158 valence electrons. The normalized spacial score (nSPS) is 10.7. The molecule has 0 fully saturated rings. The Labute approximate surface area is 186 Å². The first-order valence-corrected chi connectivity index (χ1v) is 11.9. The Bertz CT molecular complexity index is 563. The Balaban J connectivity index is 2.51. The summed E-state index contributed by atoms with van der Waals surface area (Å²) in [5, 5.41) is 0. The summed E-state index contributed by atoms with van der Waals surface area (Å²) >= 11 is 6.75. The molecule has 0 radical (unpaired) electrons. The van der Waals surface area contributed by atoms with Gasteiger partial charge in [-0.25, -0.2) is 9.59 Å². The van der Waals surface area contributed by atoms with Gasteiger partial charge in [0.2, 0.25) is 0 Å². The quantitative estimate of drug-likeness (QED) is 0.189. The number of halogens is 2. The van der Waals surface area contributed by atoms with E-state index in [1.165, 1.54) is 38.5 Å². The summed E-state index contributed by atoms with van der Waals surface area (Å²) in [5.74, 6) is -0.780. The fourth-order valence-corrected chi connectivity index (χ4v) is 3.77. The molecule has 0 aliphatic heterocycles. The van der Waals surface area contributed by atoms with Crippen molar-refractivity contribution in [2.45, 2.75) is 78.1 Å². The van der Waals surface area contributed by atoms with Gasteiger partial charge in [0, 0.05) is 8.95 Å². The van der Waals surface area contributed by atoms with Gasteiger partial charge in [-0.1, -0.05) is 65.2 Å². The number of carbonyl (C=O) groups excluding carboxylic acids is 2. The number of rotatable bonds is 14. The van der Waals surface area contributed by atoms with Gasteiger partial charge in [0.1, 0.15) is 0 Å². The lowest BCUT2D eigenvalue weighted by Gasteiger charge is -2.11. The van der Waals surface area contributed by atoms with E-state index in [-0.39, 0.29) is 11.9 Å². The third-order valence-electron chi connectivity index (χ3n) is 4.46. The van der Waals surface area contributed by atoms with Gasteiger partial charge in [-0.15, -0.1) is 0 Å². The lowest BCUT2D eigenvalue weighted by Crippen LogP contribution is -2.11. The number of ether oxygens (including phenoxy) is 2. The summed E-state index contributed by atoms with van der Waals surface area (Å²) in [6, 6.07) is 3.22. The molecule has 28 heavy (non-hydrogen) atoms. The maximum absolute atomic E-state index is 12.3. The highest BCUT2D eigenvalue weighted by Gasteiger charge is 2.19.